The van der Waals surface area contributed by atoms with E-state index in [0.717, 1.165) is 51.4 Å². The van der Waals surface area contributed by atoms with Gasteiger partial charge in [-0.25, -0.2) is 0 Å². The van der Waals surface area contributed by atoms with Crippen molar-refractivity contribution in [2.45, 2.75) is 81.5 Å². The number of ether oxygens (including phenoxy) is 1. The molecule has 7 rings (SSSR count). The lowest BCUT2D eigenvalue weighted by Crippen LogP contribution is -2.57. The third kappa shape index (κ3) is 3.93. The van der Waals surface area contributed by atoms with Crippen molar-refractivity contribution in [1.29, 1.82) is 0 Å². The van der Waals surface area contributed by atoms with Gasteiger partial charge in [-0.05, 0) is 103 Å². The maximum atomic E-state index is 12.4. The van der Waals surface area contributed by atoms with Crippen LogP contribution in [0.4, 0.5) is 0 Å². The first kappa shape index (κ1) is 24.0. The predicted molar refractivity (Wildman–Crippen MR) is 145 cm³/mol. The molecule has 3 N–H and O–H groups in total. The Labute approximate surface area is 220 Å². The van der Waals surface area contributed by atoms with E-state index in [1.807, 2.05) is 12.4 Å². The number of fused-ring (bicyclic) bond motifs is 5. The van der Waals surface area contributed by atoms with Gasteiger partial charge in [-0.15, -0.1) is 0 Å². The Bertz CT molecular complexity index is 1270. The molecule has 0 bridgehead atoms. The summed E-state index contributed by atoms with van der Waals surface area (Å²) in [6, 6.07) is 9.40. The molecule has 5 unspecified atom stereocenters. The first-order valence-electron chi connectivity index (χ1n) is 14.4. The van der Waals surface area contributed by atoms with Crippen LogP contribution < -0.4 is 5.32 Å². The van der Waals surface area contributed by atoms with Crippen LogP contribution in [-0.2, 0) is 4.74 Å². The molecule has 196 valence electrons. The monoisotopic (exact) mass is 500 g/mol. The Kier molecular flexibility index (Phi) is 5.67. The molecule has 37 heavy (non-hydrogen) atoms. The van der Waals surface area contributed by atoms with Gasteiger partial charge >= 0.3 is 0 Å². The van der Waals surface area contributed by atoms with Crippen LogP contribution in [0.25, 0.3) is 10.8 Å². The minimum Gasteiger partial charge on any atom is -0.385 e. The van der Waals surface area contributed by atoms with Crippen LogP contribution in [0.5, 0.6) is 0 Å². The predicted octanol–water partition coefficient (Wildman–Crippen LogP) is 5.04. The van der Waals surface area contributed by atoms with Crippen LogP contribution in [-0.4, -0.2) is 52.2 Å². The zero-order valence-corrected chi connectivity index (χ0v) is 22.0. The Morgan fingerprint density at radius 1 is 1.08 bits per heavy atom. The molecule has 1 aromatic heterocycles. The van der Waals surface area contributed by atoms with Crippen LogP contribution >= 0.6 is 0 Å². The van der Waals surface area contributed by atoms with Gasteiger partial charge in [0.1, 0.15) is 5.60 Å². The molecule has 0 amide bonds. The third-order valence-electron chi connectivity index (χ3n) is 10.8. The van der Waals surface area contributed by atoms with Crippen LogP contribution in [0.15, 0.2) is 60.0 Å². The molecule has 2 aromatic rings. The highest BCUT2D eigenvalue weighted by atomic mass is 16.5. The maximum absolute atomic E-state index is 12.4. The Balaban J connectivity index is 1.11. The molecule has 5 nitrogen and oxygen atoms in total. The quantitative estimate of drug-likeness (QED) is 0.549. The SMILES string of the molecule is CC12CC=C3C=C4CCC(NCC5(O)COC5)CC4CC[C@]3(O)C1CCC2c1ccc2ccncc2c1. The number of nitrogens with one attached hydrogen (secondary N) is 1. The van der Waals surface area contributed by atoms with E-state index in [1.54, 1.807) is 0 Å². The normalized spacial score (nSPS) is 38.5. The molecular formula is C32H40N2O3. The van der Waals surface area contributed by atoms with Gasteiger partial charge in [-0.3, -0.25) is 4.98 Å². The van der Waals surface area contributed by atoms with E-state index < -0.39 is 11.2 Å². The van der Waals surface area contributed by atoms with Crippen LogP contribution in [0.3, 0.4) is 0 Å². The Hall–Kier alpha value is -2.05. The second-order valence-electron chi connectivity index (χ2n) is 13.0. The molecule has 5 aliphatic rings. The summed E-state index contributed by atoms with van der Waals surface area (Å²) in [6.07, 6.45) is 17.1. The summed E-state index contributed by atoms with van der Waals surface area (Å²) in [7, 11) is 0. The summed E-state index contributed by atoms with van der Waals surface area (Å²) in [4.78, 5) is 4.35. The summed E-state index contributed by atoms with van der Waals surface area (Å²) in [5, 5.41) is 28.9. The van der Waals surface area contributed by atoms with Crippen LogP contribution in [0.2, 0.25) is 0 Å². The van der Waals surface area contributed by atoms with E-state index in [2.05, 4.69) is 53.6 Å². The fraction of sp³-hybridized carbons (Fsp3) is 0.594. The van der Waals surface area contributed by atoms with Crippen molar-refractivity contribution in [2.75, 3.05) is 19.8 Å². The minimum absolute atomic E-state index is 0.0620. The second-order valence-corrected chi connectivity index (χ2v) is 13.0. The number of hydrogen-bond donors (Lipinski definition) is 3. The average molecular weight is 501 g/mol. The molecule has 1 aromatic carbocycles. The molecule has 0 radical (unpaired) electrons. The highest BCUT2D eigenvalue weighted by Crippen LogP contribution is 2.64. The van der Waals surface area contributed by atoms with Crippen molar-refractivity contribution >= 4 is 10.8 Å². The standard InChI is InChI=1S/C32H40N2O3/c1-30-11-9-26-15-22-4-5-27(34-18-31(35)19-37-20-31)16-23(22)8-12-32(26,36)29(30)7-6-28(30)24-3-2-21-10-13-33-17-25(21)14-24/h2-3,9-10,13-15,17,23,27-29,34-36H,4-8,11-12,16,18-20H2,1H3/t23?,27?,28?,29?,30?,32-/m1/s1. The Morgan fingerprint density at radius 2 is 1.97 bits per heavy atom. The summed E-state index contributed by atoms with van der Waals surface area (Å²) >= 11 is 0. The van der Waals surface area contributed by atoms with E-state index in [9.17, 15) is 10.2 Å². The van der Waals surface area contributed by atoms with Crippen molar-refractivity contribution in [1.82, 2.24) is 10.3 Å². The van der Waals surface area contributed by atoms with Crippen LogP contribution in [0.1, 0.15) is 69.8 Å². The molecule has 6 atom stereocenters. The largest absolute Gasteiger partial charge is 0.385 e. The lowest BCUT2D eigenvalue weighted by atomic mass is 9.58. The van der Waals surface area contributed by atoms with Crippen molar-refractivity contribution in [3.8, 4) is 0 Å². The summed E-state index contributed by atoms with van der Waals surface area (Å²) in [6.45, 7) is 3.94. The van der Waals surface area contributed by atoms with E-state index in [4.69, 9.17) is 4.74 Å². The molecule has 0 spiro atoms. The first-order valence-corrected chi connectivity index (χ1v) is 14.4. The molecule has 1 saturated heterocycles. The lowest BCUT2D eigenvalue weighted by Gasteiger charge is -2.49. The highest BCUT2D eigenvalue weighted by Gasteiger charge is 2.58. The minimum atomic E-state index is -0.730. The number of aliphatic hydroxyl groups is 2. The summed E-state index contributed by atoms with van der Waals surface area (Å²) in [5.74, 6) is 1.26. The highest BCUT2D eigenvalue weighted by molar-refractivity contribution is 5.82. The van der Waals surface area contributed by atoms with Crippen molar-refractivity contribution in [2.24, 2.45) is 17.3 Å². The lowest BCUT2D eigenvalue weighted by molar-refractivity contribution is -0.175. The van der Waals surface area contributed by atoms with Gasteiger partial charge in [-0.2, -0.15) is 0 Å². The second kappa shape index (κ2) is 8.74. The molecule has 1 aliphatic heterocycles. The number of hydrogen-bond acceptors (Lipinski definition) is 5. The first-order chi connectivity index (χ1) is 17.9. The average Bonchev–Trinajstić information content (AvgIpc) is 3.18. The van der Waals surface area contributed by atoms with Gasteiger partial charge in [-0.1, -0.05) is 36.8 Å². The molecular weight excluding hydrogens is 460 g/mol. The zero-order chi connectivity index (χ0) is 25.3. The molecule has 4 aliphatic carbocycles. The fourth-order valence-corrected chi connectivity index (χ4v) is 8.59. The molecule has 2 heterocycles. The number of benzene rings is 1. The number of allylic oxidation sites excluding steroid dienone is 2. The molecule has 5 heteroatoms. The molecule has 2 saturated carbocycles. The smallest absolute Gasteiger partial charge is 0.123 e. The topological polar surface area (TPSA) is 74.6 Å². The Morgan fingerprint density at radius 3 is 2.81 bits per heavy atom. The fourth-order valence-electron chi connectivity index (χ4n) is 8.59. The summed E-state index contributed by atoms with van der Waals surface area (Å²) < 4.78 is 5.21. The van der Waals surface area contributed by atoms with Crippen molar-refractivity contribution in [3.63, 3.8) is 0 Å². The number of pyridine rings is 1. The van der Waals surface area contributed by atoms with Gasteiger partial charge in [0.2, 0.25) is 0 Å². The van der Waals surface area contributed by atoms with Gasteiger partial charge in [0, 0.05) is 30.4 Å². The van der Waals surface area contributed by atoms with Crippen molar-refractivity contribution < 1.29 is 14.9 Å². The number of nitrogens with zero attached hydrogens (tertiary/aromatic N) is 1. The van der Waals surface area contributed by atoms with Crippen LogP contribution in [0, 0.1) is 17.3 Å². The van der Waals surface area contributed by atoms with E-state index in [1.165, 1.54) is 27.5 Å². The summed E-state index contributed by atoms with van der Waals surface area (Å²) in [5.41, 5.74) is 2.78. The maximum Gasteiger partial charge on any atom is 0.123 e. The van der Waals surface area contributed by atoms with Crippen molar-refractivity contribution in [3.05, 3.63) is 65.5 Å². The third-order valence-corrected chi connectivity index (χ3v) is 10.8. The van der Waals surface area contributed by atoms with Gasteiger partial charge in [0.05, 0.1) is 18.8 Å². The van der Waals surface area contributed by atoms with Gasteiger partial charge < -0.3 is 20.3 Å². The van der Waals surface area contributed by atoms with E-state index in [-0.39, 0.29) is 11.3 Å². The van der Waals surface area contributed by atoms with Gasteiger partial charge in [0.15, 0.2) is 0 Å². The van der Waals surface area contributed by atoms with E-state index in [0.29, 0.717) is 37.6 Å². The zero-order valence-electron chi connectivity index (χ0n) is 22.0. The number of aromatic nitrogens is 1. The van der Waals surface area contributed by atoms with E-state index >= 15 is 0 Å². The number of rotatable bonds is 4. The van der Waals surface area contributed by atoms with Gasteiger partial charge in [0.25, 0.3) is 0 Å². The molecule has 3 fully saturated rings.